The van der Waals surface area contributed by atoms with Gasteiger partial charge in [0.15, 0.2) is 0 Å². The number of hydrogen-bond donors (Lipinski definition) is 2. The number of fused-ring (bicyclic) bond motifs is 5. The number of alkyl carbamates (subject to hydrolysis) is 2. The zero-order chi connectivity index (χ0) is 44.6. The third kappa shape index (κ3) is 8.53. The summed E-state index contributed by atoms with van der Waals surface area (Å²) >= 11 is 0. The maximum absolute atomic E-state index is 14.3. The maximum Gasteiger partial charge on any atom is 0.407 e. The topological polar surface area (TPSA) is 151 Å². The molecule has 2 saturated carbocycles. The first-order valence-corrected chi connectivity index (χ1v) is 24.5. The number of nitrogens with zero attached hydrogens (tertiary/aromatic N) is 4. The Bertz CT molecular complexity index is 2310. The van der Waals surface area contributed by atoms with E-state index in [2.05, 4.69) is 47.0 Å². The van der Waals surface area contributed by atoms with Crippen molar-refractivity contribution >= 4 is 46.6 Å². The third-order valence-corrected chi connectivity index (χ3v) is 15.9. The van der Waals surface area contributed by atoms with Crippen molar-refractivity contribution in [2.45, 2.75) is 152 Å². The number of likely N-dealkylation sites (tertiary alicyclic amines) is 2. The third-order valence-electron chi connectivity index (χ3n) is 15.9. The lowest BCUT2D eigenvalue weighted by molar-refractivity contribution is -0.135. The van der Waals surface area contributed by atoms with E-state index >= 15 is 0 Å². The standard InChI is InChI=1S/C52H64N6O7/c1-63-51(61)55-47(33-11-5-3-6-12-33)49(59)57-25-9-15-41(57)39-27-35(29-53-39)31-17-19-32(20-18-31)37-21-22-38(46-44-24-23-43(65-44)45(37)46)36-28-40(54-30-36)42-16-10-26-58(42)50(60)48(56-52(62)64-2)34-13-7-4-8-14-34/h17-22,29-30,33-34,41-44,47-48H,3-16,23-28H2,1-2H3,(H,55,61)(H,56,62)/t41?,42-,43?,44?,47-,48-/m0/s1. The van der Waals surface area contributed by atoms with E-state index in [0.29, 0.717) is 25.9 Å². The van der Waals surface area contributed by atoms with Gasteiger partial charge in [0.25, 0.3) is 0 Å². The largest absolute Gasteiger partial charge is 0.453 e. The summed E-state index contributed by atoms with van der Waals surface area (Å²) in [6.07, 6.45) is 20.2. The van der Waals surface area contributed by atoms with Gasteiger partial charge >= 0.3 is 12.2 Å². The average Bonchev–Trinajstić information content (AvgIpc) is 4.22. The van der Waals surface area contributed by atoms with E-state index in [0.717, 1.165) is 118 Å². The van der Waals surface area contributed by atoms with Crippen LogP contribution in [0.3, 0.4) is 0 Å². The summed E-state index contributed by atoms with van der Waals surface area (Å²) in [5.41, 5.74) is 11.6. The van der Waals surface area contributed by atoms with Gasteiger partial charge in [-0.25, -0.2) is 9.59 Å². The molecule has 2 aromatic rings. The van der Waals surface area contributed by atoms with Crippen LogP contribution < -0.4 is 10.6 Å². The van der Waals surface area contributed by atoms with Gasteiger partial charge in [0.05, 0.1) is 38.5 Å². The van der Waals surface area contributed by atoms with E-state index in [1.807, 2.05) is 22.2 Å². The highest BCUT2D eigenvalue weighted by Gasteiger charge is 2.45. The fourth-order valence-electron chi connectivity index (χ4n) is 12.6. The lowest BCUT2D eigenvalue weighted by Gasteiger charge is -2.34. The Balaban J connectivity index is 0.815. The number of aliphatic imine (C=N–C) groups is 2. The van der Waals surface area contributed by atoms with Crippen LogP contribution in [0.4, 0.5) is 9.59 Å². The molecule has 2 bridgehead atoms. The van der Waals surface area contributed by atoms with Crippen molar-refractivity contribution < 1.29 is 33.4 Å². The number of hydrogen-bond acceptors (Lipinski definition) is 9. The maximum atomic E-state index is 14.3. The Kier molecular flexibility index (Phi) is 12.7. The number of methoxy groups -OCH3 is 2. The fraction of sp³-hybridized carbons (Fsp3) is 0.577. The second kappa shape index (κ2) is 18.9. The van der Waals surface area contributed by atoms with Crippen LogP contribution >= 0.6 is 0 Å². The number of carbonyl (C=O) groups excluding carboxylic acids is 4. The van der Waals surface area contributed by atoms with Gasteiger partial charge in [-0.3, -0.25) is 19.6 Å². The first-order valence-electron chi connectivity index (χ1n) is 24.5. The number of ether oxygens (including phenoxy) is 3. The Morgan fingerprint density at radius 2 is 1.03 bits per heavy atom. The molecule has 344 valence electrons. The SMILES string of the molecule is COC(=O)N[C@H](C(=O)N1CCCC1C1=NC=C(c2ccc(-c3ccc(C4=CN=C([C@@H]5CCCN5C(=O)[C@@H](NC(=O)OC)C5CCCCC5)C4)c4c3C3CCC4O3)cc2)C1)C1CCCCC1. The van der Waals surface area contributed by atoms with Crippen LogP contribution in [0.15, 0.2) is 58.8 Å². The second-order valence-corrected chi connectivity index (χ2v) is 19.6. The van der Waals surface area contributed by atoms with Crippen LogP contribution in [-0.4, -0.2) is 96.7 Å². The number of benzene rings is 2. The minimum atomic E-state index is -0.584. The first-order chi connectivity index (χ1) is 31.8. The molecule has 8 aliphatic rings. The zero-order valence-electron chi connectivity index (χ0n) is 38.0. The van der Waals surface area contributed by atoms with Gasteiger partial charge in [-0.1, -0.05) is 74.9 Å². The Labute approximate surface area is 382 Å². The van der Waals surface area contributed by atoms with Gasteiger partial charge in [0, 0.05) is 49.8 Å². The van der Waals surface area contributed by atoms with E-state index < -0.39 is 24.3 Å². The number of rotatable bonds is 11. The second-order valence-electron chi connectivity index (χ2n) is 19.6. The molecule has 0 spiro atoms. The zero-order valence-corrected chi connectivity index (χ0v) is 38.0. The molecule has 2 N–H and O–H groups in total. The number of nitrogens with one attached hydrogen (secondary N) is 2. The van der Waals surface area contributed by atoms with Crippen LogP contribution in [0, 0.1) is 11.8 Å². The fourth-order valence-corrected chi connectivity index (χ4v) is 12.6. The molecule has 4 amide bonds. The molecule has 6 aliphatic heterocycles. The van der Waals surface area contributed by atoms with Gasteiger partial charge in [0.2, 0.25) is 11.8 Å². The lowest BCUT2D eigenvalue weighted by atomic mass is 9.80. The van der Waals surface area contributed by atoms with Crippen LogP contribution in [0.1, 0.15) is 150 Å². The van der Waals surface area contributed by atoms with Gasteiger partial charge in [-0.15, -0.1) is 0 Å². The van der Waals surface area contributed by atoms with E-state index in [1.54, 1.807) is 0 Å². The molecular weight excluding hydrogens is 821 g/mol. The van der Waals surface area contributed by atoms with Gasteiger partial charge in [-0.05, 0) is 121 Å². The average molecular weight is 885 g/mol. The van der Waals surface area contributed by atoms with Crippen LogP contribution in [0.2, 0.25) is 0 Å². The predicted octanol–water partition coefficient (Wildman–Crippen LogP) is 9.22. The molecule has 13 heteroatoms. The van der Waals surface area contributed by atoms with Crippen molar-refractivity contribution in [2.75, 3.05) is 27.3 Å². The summed E-state index contributed by atoms with van der Waals surface area (Å²) in [5.74, 6) is 0.202. The summed E-state index contributed by atoms with van der Waals surface area (Å²) in [6, 6.07) is 12.0. The first kappa shape index (κ1) is 43.6. The quantitative estimate of drug-likeness (QED) is 0.228. The van der Waals surface area contributed by atoms with Crippen molar-refractivity contribution in [1.29, 1.82) is 0 Å². The summed E-state index contributed by atoms with van der Waals surface area (Å²) in [6.45, 7) is 1.33. The van der Waals surface area contributed by atoms with E-state index in [9.17, 15) is 19.2 Å². The van der Waals surface area contributed by atoms with E-state index in [1.165, 1.54) is 54.9 Å². The lowest BCUT2D eigenvalue weighted by Crippen LogP contribution is -2.54. The van der Waals surface area contributed by atoms with Crippen LogP contribution in [-0.2, 0) is 23.8 Å². The molecule has 5 fully saturated rings. The highest BCUT2D eigenvalue weighted by Crippen LogP contribution is 2.56. The normalized spacial score (nSPS) is 26.2. The minimum absolute atomic E-state index is 0.0124. The number of allylic oxidation sites excluding steroid dienone is 2. The van der Waals surface area contributed by atoms with Crippen molar-refractivity contribution in [2.24, 2.45) is 21.8 Å². The van der Waals surface area contributed by atoms with E-state index in [4.69, 9.17) is 24.2 Å². The molecule has 6 atom stereocenters. The van der Waals surface area contributed by atoms with Crippen molar-refractivity contribution in [3.8, 4) is 11.1 Å². The Morgan fingerprint density at radius 3 is 1.55 bits per heavy atom. The monoisotopic (exact) mass is 884 g/mol. The highest BCUT2D eigenvalue weighted by molar-refractivity contribution is 6.05. The molecular formula is C52H64N6O7. The Hall–Kier alpha value is -5.30. The molecule has 65 heavy (non-hydrogen) atoms. The summed E-state index contributed by atoms with van der Waals surface area (Å²) in [4.78, 5) is 67.1. The molecule has 0 radical (unpaired) electrons. The summed E-state index contributed by atoms with van der Waals surface area (Å²) in [5, 5.41) is 5.83. The molecule has 0 aromatic heterocycles. The van der Waals surface area contributed by atoms with E-state index in [-0.39, 0.29) is 47.9 Å². The Morgan fingerprint density at radius 1 is 0.569 bits per heavy atom. The highest BCUT2D eigenvalue weighted by atomic mass is 16.5. The number of carbonyl (C=O) groups is 4. The molecule has 10 rings (SSSR count). The predicted molar refractivity (Wildman–Crippen MR) is 249 cm³/mol. The van der Waals surface area contributed by atoms with Crippen LogP contribution in [0.25, 0.3) is 22.3 Å². The van der Waals surface area contributed by atoms with Gasteiger partial charge < -0.3 is 34.6 Å². The molecule has 2 aromatic carbocycles. The van der Waals surface area contributed by atoms with Crippen molar-refractivity contribution in [3.05, 3.63) is 71.1 Å². The molecule has 2 aliphatic carbocycles. The molecule has 3 unspecified atom stereocenters. The van der Waals surface area contributed by atoms with Gasteiger partial charge in [-0.2, -0.15) is 0 Å². The molecule has 3 saturated heterocycles. The van der Waals surface area contributed by atoms with Crippen molar-refractivity contribution in [1.82, 2.24) is 20.4 Å². The summed E-state index contributed by atoms with van der Waals surface area (Å²) < 4.78 is 16.5. The van der Waals surface area contributed by atoms with Crippen molar-refractivity contribution in [3.63, 3.8) is 0 Å². The molecule has 13 nitrogen and oxygen atoms in total. The molecule has 6 heterocycles. The number of amides is 4. The van der Waals surface area contributed by atoms with Crippen LogP contribution in [0.5, 0.6) is 0 Å². The minimum Gasteiger partial charge on any atom is -0.453 e. The smallest absolute Gasteiger partial charge is 0.407 e. The summed E-state index contributed by atoms with van der Waals surface area (Å²) in [7, 11) is 2.70. The van der Waals surface area contributed by atoms with Gasteiger partial charge in [0.1, 0.15) is 12.1 Å².